The van der Waals surface area contributed by atoms with Crippen molar-refractivity contribution in [3.05, 3.63) is 57.2 Å². The average Bonchev–Trinajstić information content (AvgIpc) is 3.25. The van der Waals surface area contributed by atoms with Gasteiger partial charge in [0.2, 0.25) is 0 Å². The molecule has 0 unspecified atom stereocenters. The van der Waals surface area contributed by atoms with Crippen LogP contribution in [0.15, 0.2) is 42.5 Å². The smallest absolute Gasteiger partial charge is 0.411 e. The molecule has 0 saturated carbocycles. The van der Waals surface area contributed by atoms with Crippen molar-refractivity contribution in [2.75, 3.05) is 43.4 Å². The maximum absolute atomic E-state index is 12.7. The van der Waals surface area contributed by atoms with Crippen LogP contribution in [0.5, 0.6) is 0 Å². The van der Waals surface area contributed by atoms with Gasteiger partial charge < -0.3 is 15.0 Å². The highest BCUT2D eigenvalue weighted by molar-refractivity contribution is 14.1. The minimum atomic E-state index is -0.417. The molecule has 0 aromatic heterocycles. The third-order valence-corrected chi connectivity index (χ3v) is 6.72. The quantitative estimate of drug-likeness (QED) is 0.304. The largest absolute Gasteiger partial charge is 0.449 e. The van der Waals surface area contributed by atoms with Crippen LogP contribution in [0.4, 0.5) is 16.2 Å². The lowest BCUT2D eigenvalue weighted by Gasteiger charge is -2.31. The molecule has 0 bridgehead atoms. The van der Waals surface area contributed by atoms with E-state index in [4.69, 9.17) is 4.74 Å². The lowest BCUT2D eigenvalue weighted by molar-refractivity contribution is 0.0830. The second-order valence-corrected chi connectivity index (χ2v) is 9.40. The van der Waals surface area contributed by atoms with Crippen molar-refractivity contribution < 1.29 is 14.3 Å². The zero-order chi connectivity index (χ0) is 21.6. The number of fused-ring (bicyclic) bond motifs is 1. The minimum absolute atomic E-state index is 0.111. The first-order valence-corrected chi connectivity index (χ1v) is 12.0. The van der Waals surface area contributed by atoms with Crippen molar-refractivity contribution >= 4 is 45.8 Å². The standard InChI is InChI=1S/C24H28IN3O3/c25-20-5-2-18(3-6-20)23(29)19-9-13-28(14-10-19)12-1-15-31-24(30)27-21-7-4-17-8-11-26-22(17)16-21/h2-7,16,19,26H,1,8-15H2,(H,27,30). The number of hydrogen-bond acceptors (Lipinski definition) is 5. The van der Waals surface area contributed by atoms with Crippen LogP contribution in [0.1, 0.15) is 35.2 Å². The molecule has 1 saturated heterocycles. The van der Waals surface area contributed by atoms with E-state index in [0.717, 1.165) is 72.4 Å². The summed E-state index contributed by atoms with van der Waals surface area (Å²) in [7, 11) is 0. The monoisotopic (exact) mass is 533 g/mol. The van der Waals surface area contributed by atoms with Crippen molar-refractivity contribution in [2.24, 2.45) is 5.92 Å². The van der Waals surface area contributed by atoms with Crippen molar-refractivity contribution in [1.82, 2.24) is 4.90 Å². The highest BCUT2D eigenvalue weighted by Crippen LogP contribution is 2.26. The molecule has 2 N–H and O–H groups in total. The number of ketones is 1. The van der Waals surface area contributed by atoms with E-state index in [1.54, 1.807) is 0 Å². The summed E-state index contributed by atoms with van der Waals surface area (Å²) in [5.74, 6) is 0.373. The summed E-state index contributed by atoms with van der Waals surface area (Å²) < 4.78 is 6.47. The Hall–Kier alpha value is -2.13. The number of carbonyl (C=O) groups is 2. The van der Waals surface area contributed by atoms with Gasteiger partial charge in [0.15, 0.2) is 5.78 Å². The summed E-state index contributed by atoms with van der Waals surface area (Å²) >= 11 is 2.25. The van der Waals surface area contributed by atoms with Gasteiger partial charge in [-0.15, -0.1) is 0 Å². The molecule has 31 heavy (non-hydrogen) atoms. The fourth-order valence-corrected chi connectivity index (χ4v) is 4.60. The Kier molecular flexibility index (Phi) is 7.45. The number of carbonyl (C=O) groups excluding carboxylic acids is 2. The summed E-state index contributed by atoms with van der Waals surface area (Å²) in [6, 6.07) is 13.7. The molecule has 6 nitrogen and oxygen atoms in total. The van der Waals surface area contributed by atoms with Gasteiger partial charge in [-0.2, -0.15) is 0 Å². The molecule has 2 aliphatic rings. The number of piperidine rings is 1. The third kappa shape index (κ3) is 5.98. The molecule has 0 spiro atoms. The lowest BCUT2D eigenvalue weighted by Crippen LogP contribution is -2.37. The van der Waals surface area contributed by atoms with Crippen molar-refractivity contribution in [3.63, 3.8) is 0 Å². The SMILES string of the molecule is O=C(Nc1ccc2c(c1)NCC2)OCCCN1CCC(C(=O)c2ccc(I)cc2)CC1. The molecule has 2 aromatic carbocycles. The zero-order valence-electron chi connectivity index (χ0n) is 17.5. The number of benzene rings is 2. The number of rotatable bonds is 7. The minimum Gasteiger partial charge on any atom is -0.449 e. The van der Waals surface area contributed by atoms with Gasteiger partial charge in [0.1, 0.15) is 0 Å². The summed E-state index contributed by atoms with van der Waals surface area (Å²) in [6.07, 6.45) is 3.17. The molecule has 2 aliphatic heterocycles. The van der Waals surface area contributed by atoms with Gasteiger partial charge in [0.25, 0.3) is 0 Å². The molecule has 1 amide bonds. The Morgan fingerprint density at radius 3 is 2.68 bits per heavy atom. The molecule has 2 heterocycles. The molecule has 4 rings (SSSR count). The second-order valence-electron chi connectivity index (χ2n) is 8.15. The molecule has 2 aromatic rings. The normalized spacial score (nSPS) is 16.4. The van der Waals surface area contributed by atoms with Crippen molar-refractivity contribution in [3.8, 4) is 0 Å². The van der Waals surface area contributed by atoms with E-state index in [0.29, 0.717) is 6.61 Å². The summed E-state index contributed by atoms with van der Waals surface area (Å²) in [5.41, 5.74) is 3.93. The first-order chi connectivity index (χ1) is 15.1. The number of likely N-dealkylation sites (tertiary alicyclic amines) is 1. The van der Waals surface area contributed by atoms with Gasteiger partial charge in [0.05, 0.1) is 6.61 Å². The van der Waals surface area contributed by atoms with Crippen molar-refractivity contribution in [1.29, 1.82) is 0 Å². The summed E-state index contributed by atoms with van der Waals surface area (Å²) in [5, 5.41) is 6.10. The van der Waals surface area contributed by atoms with E-state index >= 15 is 0 Å². The summed E-state index contributed by atoms with van der Waals surface area (Å²) in [6.45, 7) is 4.03. The van der Waals surface area contributed by atoms with Gasteiger partial charge in [-0.05, 0) is 91.2 Å². The fraction of sp³-hybridized carbons (Fsp3) is 0.417. The van der Waals surface area contributed by atoms with E-state index in [1.165, 1.54) is 5.56 Å². The Bertz CT molecular complexity index is 924. The Morgan fingerprint density at radius 2 is 1.90 bits per heavy atom. The number of hydrogen-bond donors (Lipinski definition) is 2. The maximum atomic E-state index is 12.7. The van der Waals surface area contributed by atoms with Crippen LogP contribution >= 0.6 is 22.6 Å². The number of ether oxygens (including phenoxy) is 1. The molecule has 7 heteroatoms. The molecule has 0 radical (unpaired) electrons. The van der Waals surface area contributed by atoms with Gasteiger partial charge in [-0.3, -0.25) is 10.1 Å². The topological polar surface area (TPSA) is 70.7 Å². The lowest BCUT2D eigenvalue weighted by atomic mass is 9.89. The molecule has 1 fully saturated rings. The van der Waals surface area contributed by atoms with Gasteiger partial charge >= 0.3 is 6.09 Å². The highest BCUT2D eigenvalue weighted by Gasteiger charge is 2.25. The maximum Gasteiger partial charge on any atom is 0.411 e. The fourth-order valence-electron chi connectivity index (χ4n) is 4.24. The Balaban J connectivity index is 1.12. The molecule has 0 aliphatic carbocycles. The number of nitrogens with one attached hydrogen (secondary N) is 2. The van der Waals surface area contributed by atoms with E-state index < -0.39 is 6.09 Å². The van der Waals surface area contributed by atoms with Gasteiger partial charge in [0, 0.05) is 39.5 Å². The van der Waals surface area contributed by atoms with E-state index in [-0.39, 0.29) is 11.7 Å². The van der Waals surface area contributed by atoms with E-state index in [9.17, 15) is 9.59 Å². The summed E-state index contributed by atoms with van der Waals surface area (Å²) in [4.78, 5) is 27.1. The molecule has 164 valence electrons. The third-order valence-electron chi connectivity index (χ3n) is 6.00. The van der Waals surface area contributed by atoms with Crippen LogP contribution in [-0.4, -0.2) is 49.6 Å². The van der Waals surface area contributed by atoms with Crippen LogP contribution in [0.25, 0.3) is 0 Å². The first kappa shape index (κ1) is 22.1. The van der Waals surface area contributed by atoms with Gasteiger partial charge in [-0.1, -0.05) is 18.2 Å². The number of amides is 1. The average molecular weight is 533 g/mol. The van der Waals surface area contributed by atoms with Crippen LogP contribution in [0.3, 0.4) is 0 Å². The van der Waals surface area contributed by atoms with E-state index in [1.807, 2.05) is 42.5 Å². The van der Waals surface area contributed by atoms with Gasteiger partial charge in [-0.25, -0.2) is 4.79 Å². The van der Waals surface area contributed by atoms with Crippen LogP contribution < -0.4 is 10.6 Å². The number of anilines is 2. The predicted molar refractivity (Wildman–Crippen MR) is 131 cm³/mol. The van der Waals surface area contributed by atoms with Crippen molar-refractivity contribution in [2.45, 2.75) is 25.7 Å². The Labute approximate surface area is 196 Å². The number of nitrogens with zero attached hydrogens (tertiary/aromatic N) is 1. The number of halogens is 1. The highest BCUT2D eigenvalue weighted by atomic mass is 127. The van der Waals surface area contributed by atoms with Crippen LogP contribution in [0, 0.1) is 9.49 Å². The molecule has 0 atom stereocenters. The molecular formula is C24H28IN3O3. The zero-order valence-corrected chi connectivity index (χ0v) is 19.7. The number of Topliss-reactive ketones (excluding diaryl/α,β-unsaturated/α-hetero) is 1. The van der Waals surface area contributed by atoms with Crippen LogP contribution in [-0.2, 0) is 11.2 Å². The first-order valence-electron chi connectivity index (χ1n) is 10.9. The predicted octanol–water partition coefficient (Wildman–Crippen LogP) is 4.79. The molecular weight excluding hydrogens is 505 g/mol. The Morgan fingerprint density at radius 1 is 1.13 bits per heavy atom. The van der Waals surface area contributed by atoms with Crippen LogP contribution in [0.2, 0.25) is 0 Å². The second kappa shape index (κ2) is 10.5. The van der Waals surface area contributed by atoms with E-state index in [2.05, 4.69) is 38.1 Å².